The molecule has 2 fully saturated rings. The lowest BCUT2D eigenvalue weighted by Crippen LogP contribution is -2.56. The number of nitrogens with zero attached hydrogens (tertiary/aromatic N) is 2. The number of carbonyl (C=O) groups excluding carboxylic acids is 2. The molecule has 2 amide bonds. The number of ether oxygens (including phenoxy) is 1. The number of aryl methyl sites for hydroxylation is 1. The van der Waals surface area contributed by atoms with Gasteiger partial charge in [0.15, 0.2) is 0 Å². The minimum atomic E-state index is -3.94. The van der Waals surface area contributed by atoms with Gasteiger partial charge in [-0.05, 0) is 49.3 Å². The van der Waals surface area contributed by atoms with E-state index >= 15 is 0 Å². The highest BCUT2D eigenvalue weighted by Gasteiger charge is 2.53. The Kier molecular flexibility index (Phi) is 7.39. The van der Waals surface area contributed by atoms with Crippen LogP contribution in [0.3, 0.4) is 0 Å². The fourth-order valence-corrected chi connectivity index (χ4v) is 7.30. The van der Waals surface area contributed by atoms with Crippen molar-refractivity contribution >= 4 is 21.8 Å². The largest absolute Gasteiger partial charge is 0.497 e. The number of likely N-dealkylation sites (tertiary alicyclic amines) is 1. The predicted molar refractivity (Wildman–Crippen MR) is 125 cm³/mol. The molecular weight excluding hydrogens is 458 g/mol. The fourth-order valence-electron chi connectivity index (χ4n) is 5.22. The number of hydrogen-bond acceptors (Lipinski definition) is 6. The summed E-state index contributed by atoms with van der Waals surface area (Å²) >= 11 is 0. The van der Waals surface area contributed by atoms with E-state index in [9.17, 15) is 23.2 Å². The highest BCUT2D eigenvalue weighted by molar-refractivity contribution is 7.90. The van der Waals surface area contributed by atoms with Gasteiger partial charge in [-0.3, -0.25) is 14.8 Å². The van der Waals surface area contributed by atoms with Crippen molar-refractivity contribution in [2.75, 3.05) is 20.2 Å². The summed E-state index contributed by atoms with van der Waals surface area (Å²) in [6.07, 6.45) is 6.99. The Morgan fingerprint density at radius 1 is 1.24 bits per heavy atom. The molecule has 9 nitrogen and oxygen atoms in total. The molecular formula is C24H31N3O6S. The maximum absolute atomic E-state index is 13.7. The number of rotatable bonds is 7. The highest BCUT2D eigenvalue weighted by atomic mass is 32.2. The molecule has 34 heavy (non-hydrogen) atoms. The zero-order valence-electron chi connectivity index (χ0n) is 19.2. The van der Waals surface area contributed by atoms with Crippen LogP contribution >= 0.6 is 0 Å². The molecule has 184 valence electrons. The summed E-state index contributed by atoms with van der Waals surface area (Å²) in [4.78, 5) is 27.2. The molecule has 3 aliphatic rings. The Hall–Kier alpha value is -2.69. The second-order valence-corrected chi connectivity index (χ2v) is 11.0. The van der Waals surface area contributed by atoms with Gasteiger partial charge < -0.3 is 9.64 Å². The van der Waals surface area contributed by atoms with Crippen LogP contribution in [0.2, 0.25) is 0 Å². The first-order valence-corrected chi connectivity index (χ1v) is 13.1. The van der Waals surface area contributed by atoms with Crippen LogP contribution in [0.4, 0.5) is 0 Å². The zero-order valence-corrected chi connectivity index (χ0v) is 20.0. The van der Waals surface area contributed by atoms with Crippen molar-refractivity contribution in [3.8, 4) is 0 Å². The first-order chi connectivity index (χ1) is 16.3. The van der Waals surface area contributed by atoms with Crippen molar-refractivity contribution < 1.29 is 28.0 Å². The molecule has 1 unspecified atom stereocenters. The van der Waals surface area contributed by atoms with Crippen molar-refractivity contribution in [2.45, 2.75) is 49.4 Å². The minimum Gasteiger partial charge on any atom is -0.497 e. The summed E-state index contributed by atoms with van der Waals surface area (Å²) < 4.78 is 33.8. The summed E-state index contributed by atoms with van der Waals surface area (Å²) in [5.41, 5.74) is 2.71. The second-order valence-electron chi connectivity index (χ2n) is 8.99. The molecule has 0 spiro atoms. The van der Waals surface area contributed by atoms with Crippen LogP contribution < -0.4 is 5.48 Å². The van der Waals surface area contributed by atoms with E-state index in [-0.39, 0.29) is 24.8 Å². The Bertz CT molecular complexity index is 1070. The number of carbonyl (C=O) groups is 2. The number of sulfonamides is 1. The van der Waals surface area contributed by atoms with E-state index in [1.807, 2.05) is 30.3 Å². The number of benzene rings is 1. The molecule has 1 aromatic rings. The van der Waals surface area contributed by atoms with Gasteiger partial charge in [0.1, 0.15) is 11.8 Å². The van der Waals surface area contributed by atoms with E-state index in [0.29, 0.717) is 38.0 Å². The summed E-state index contributed by atoms with van der Waals surface area (Å²) in [5.74, 6) is -0.246. The lowest BCUT2D eigenvalue weighted by atomic mass is 9.91. The third-order valence-electron chi connectivity index (χ3n) is 7.06. The van der Waals surface area contributed by atoms with Crippen LogP contribution in [0.1, 0.15) is 31.2 Å². The smallest absolute Gasteiger partial charge is 0.261 e. The van der Waals surface area contributed by atoms with Gasteiger partial charge in [0.25, 0.3) is 5.91 Å². The molecule has 1 aromatic carbocycles. The summed E-state index contributed by atoms with van der Waals surface area (Å²) in [7, 11) is -2.42. The Labute approximate surface area is 200 Å². The van der Waals surface area contributed by atoms with Crippen LogP contribution in [0.15, 0.2) is 54.3 Å². The number of hydroxylamine groups is 1. The van der Waals surface area contributed by atoms with Crippen LogP contribution in [0, 0.1) is 5.92 Å². The summed E-state index contributed by atoms with van der Waals surface area (Å²) in [6, 6.07) is 8.23. The molecule has 2 heterocycles. The van der Waals surface area contributed by atoms with Crippen molar-refractivity contribution in [3.63, 3.8) is 0 Å². The average molecular weight is 490 g/mol. The van der Waals surface area contributed by atoms with Gasteiger partial charge in [-0.2, -0.15) is 4.31 Å². The maximum Gasteiger partial charge on any atom is 0.261 e. The molecule has 0 bridgehead atoms. The third kappa shape index (κ3) is 4.89. The molecule has 1 aliphatic carbocycles. The van der Waals surface area contributed by atoms with E-state index in [2.05, 4.69) is 0 Å². The van der Waals surface area contributed by atoms with Gasteiger partial charge in [-0.25, -0.2) is 13.9 Å². The van der Waals surface area contributed by atoms with E-state index in [4.69, 9.17) is 4.74 Å². The van der Waals surface area contributed by atoms with E-state index in [0.717, 1.165) is 5.56 Å². The van der Waals surface area contributed by atoms with Crippen LogP contribution in [-0.2, 0) is 30.8 Å². The van der Waals surface area contributed by atoms with E-state index in [1.165, 1.54) is 11.4 Å². The molecule has 4 rings (SSSR count). The molecule has 2 N–H and O–H groups in total. The van der Waals surface area contributed by atoms with Crippen molar-refractivity contribution in [1.29, 1.82) is 0 Å². The molecule has 2 saturated heterocycles. The average Bonchev–Trinajstić information content (AvgIpc) is 3.27. The number of methoxy groups -OCH3 is 1. The SMILES string of the molecule is COC1=CCC(S(=O)(=O)N2[C@H](C(=O)NO)C[C@@H]3CCN(C(=O)CCc4ccccc4)C[C@@H]32)C=C1. The Balaban J connectivity index is 1.52. The number of fused-ring (bicyclic) bond motifs is 1. The first kappa shape index (κ1) is 24.4. The molecule has 0 radical (unpaired) electrons. The number of amides is 2. The van der Waals surface area contributed by atoms with E-state index in [1.54, 1.807) is 28.6 Å². The van der Waals surface area contributed by atoms with Gasteiger partial charge in [0.2, 0.25) is 15.9 Å². The molecule has 0 aromatic heterocycles. The van der Waals surface area contributed by atoms with Crippen molar-refractivity contribution in [2.24, 2.45) is 5.92 Å². The Morgan fingerprint density at radius 3 is 2.65 bits per heavy atom. The summed E-state index contributed by atoms with van der Waals surface area (Å²) in [5, 5.41) is 8.44. The van der Waals surface area contributed by atoms with Crippen molar-refractivity contribution in [3.05, 3.63) is 59.9 Å². The molecule has 4 atom stereocenters. The highest BCUT2D eigenvalue weighted by Crippen LogP contribution is 2.40. The fraction of sp³-hybridized carbons (Fsp3) is 0.500. The van der Waals surface area contributed by atoms with Gasteiger partial charge in [0, 0.05) is 25.6 Å². The van der Waals surface area contributed by atoms with Gasteiger partial charge in [-0.1, -0.05) is 36.4 Å². The number of allylic oxidation sites excluding steroid dienone is 2. The standard InChI is InChI=1S/C24H31N3O6S/c1-33-19-8-10-20(11-9-19)34(31,32)27-21(24(29)25-30)15-18-13-14-26(16-22(18)27)23(28)12-7-17-5-3-2-4-6-17/h2-6,8-10,18,20-22,30H,7,11-16H2,1H3,(H,25,29)/t18-,20?,21-,22-/m0/s1. The van der Waals surface area contributed by atoms with Crippen LogP contribution in [0.5, 0.6) is 0 Å². The lowest BCUT2D eigenvalue weighted by molar-refractivity contribution is -0.133. The van der Waals surface area contributed by atoms with Crippen molar-refractivity contribution in [1.82, 2.24) is 14.7 Å². The predicted octanol–water partition coefficient (Wildman–Crippen LogP) is 1.60. The van der Waals surface area contributed by atoms with Crippen LogP contribution in [0.25, 0.3) is 0 Å². The molecule has 0 saturated carbocycles. The minimum absolute atomic E-state index is 0.0278. The molecule has 2 aliphatic heterocycles. The normalized spacial score (nSPS) is 27.1. The van der Waals surface area contributed by atoms with Crippen LogP contribution in [-0.4, -0.2) is 72.2 Å². The number of hydrogen-bond donors (Lipinski definition) is 2. The maximum atomic E-state index is 13.7. The topological polar surface area (TPSA) is 116 Å². The van der Waals surface area contributed by atoms with Gasteiger partial charge in [-0.15, -0.1) is 0 Å². The lowest BCUT2D eigenvalue weighted by Gasteiger charge is -2.39. The number of piperidine rings is 1. The van der Waals surface area contributed by atoms with E-state index < -0.39 is 33.3 Å². The first-order valence-electron chi connectivity index (χ1n) is 11.6. The summed E-state index contributed by atoms with van der Waals surface area (Å²) in [6.45, 7) is 0.766. The van der Waals surface area contributed by atoms with Gasteiger partial charge in [0.05, 0.1) is 12.4 Å². The second kappa shape index (κ2) is 10.3. The monoisotopic (exact) mass is 489 g/mol. The van der Waals surface area contributed by atoms with Gasteiger partial charge >= 0.3 is 0 Å². The third-order valence-corrected chi connectivity index (χ3v) is 9.28. The quantitative estimate of drug-likeness (QED) is 0.444. The zero-order chi connectivity index (χ0) is 24.3. The Morgan fingerprint density at radius 2 is 2.00 bits per heavy atom. The molecule has 10 heteroatoms. The number of nitrogens with one attached hydrogen (secondary N) is 1.